The minimum atomic E-state index is -0.341. The van der Waals surface area contributed by atoms with Crippen LogP contribution >= 0.6 is 0 Å². The smallest absolute Gasteiger partial charge is 0.243 e. The second-order valence-electron chi connectivity index (χ2n) is 3.59. The summed E-state index contributed by atoms with van der Waals surface area (Å²) >= 11 is 0. The molecule has 0 atom stereocenters. The van der Waals surface area contributed by atoms with Gasteiger partial charge in [0.15, 0.2) is 5.65 Å². The summed E-state index contributed by atoms with van der Waals surface area (Å²) in [4.78, 5) is 14.8. The van der Waals surface area contributed by atoms with E-state index in [4.69, 9.17) is 5.73 Å². The molecule has 0 saturated heterocycles. The summed E-state index contributed by atoms with van der Waals surface area (Å²) in [6.07, 6.45) is 2.16. The van der Waals surface area contributed by atoms with Gasteiger partial charge in [0.2, 0.25) is 11.9 Å². The maximum Gasteiger partial charge on any atom is 0.243 e. The molecule has 0 radical (unpaired) electrons. The molecule has 0 aliphatic carbocycles. The number of nitrogens with two attached hydrogens (primary N) is 1. The number of pyridine rings is 1. The number of primary amides is 1. The van der Waals surface area contributed by atoms with Crippen molar-refractivity contribution in [3.05, 3.63) is 23.9 Å². The Bertz CT molecular complexity index is 519. The predicted molar refractivity (Wildman–Crippen MR) is 60.0 cm³/mol. The fourth-order valence-corrected chi connectivity index (χ4v) is 1.36. The number of anilines is 1. The fraction of sp³-hybridized carbons (Fsp3) is 0.300. The van der Waals surface area contributed by atoms with Gasteiger partial charge in [0.05, 0.1) is 0 Å². The number of rotatable bonds is 4. The van der Waals surface area contributed by atoms with Gasteiger partial charge in [-0.15, -0.1) is 5.10 Å². The Balaban J connectivity index is 2.10. The molecule has 0 spiro atoms. The number of amides is 1. The van der Waals surface area contributed by atoms with Crippen LogP contribution in [0, 0.1) is 6.92 Å². The lowest BCUT2D eigenvalue weighted by atomic mass is 10.3. The van der Waals surface area contributed by atoms with Gasteiger partial charge in [-0.05, 0) is 18.6 Å². The van der Waals surface area contributed by atoms with Crippen LogP contribution in [0.5, 0.6) is 0 Å². The van der Waals surface area contributed by atoms with E-state index in [1.165, 1.54) is 0 Å². The van der Waals surface area contributed by atoms with E-state index in [1.807, 2.05) is 25.3 Å². The molecule has 2 rings (SSSR count). The molecule has 2 heterocycles. The van der Waals surface area contributed by atoms with Gasteiger partial charge in [-0.3, -0.25) is 4.79 Å². The minimum Gasteiger partial charge on any atom is -0.370 e. The summed E-state index contributed by atoms with van der Waals surface area (Å²) in [7, 11) is 0. The molecule has 0 fully saturated rings. The Morgan fingerprint density at radius 1 is 1.56 bits per heavy atom. The van der Waals surface area contributed by atoms with Crippen LogP contribution in [0.2, 0.25) is 0 Å². The van der Waals surface area contributed by atoms with Crippen LogP contribution in [0.4, 0.5) is 5.95 Å². The van der Waals surface area contributed by atoms with E-state index in [-0.39, 0.29) is 12.3 Å². The molecule has 0 aromatic carbocycles. The highest BCUT2D eigenvalue weighted by molar-refractivity contribution is 5.74. The number of aromatic nitrogens is 3. The van der Waals surface area contributed by atoms with Crippen molar-refractivity contribution in [3.8, 4) is 0 Å². The third-order valence-corrected chi connectivity index (χ3v) is 2.13. The summed E-state index contributed by atoms with van der Waals surface area (Å²) in [5, 5.41) is 7.15. The van der Waals surface area contributed by atoms with Crippen molar-refractivity contribution in [2.45, 2.75) is 13.3 Å². The molecule has 6 heteroatoms. The van der Waals surface area contributed by atoms with Gasteiger partial charge in [-0.2, -0.15) is 4.98 Å². The molecular weight excluding hydrogens is 206 g/mol. The molecule has 84 valence electrons. The lowest BCUT2D eigenvalue weighted by Gasteiger charge is -1.96. The molecule has 0 aliphatic heterocycles. The molecule has 0 bridgehead atoms. The standard InChI is InChI=1S/C10H13N5O/c1-7-2-3-9-13-10(14-15(9)6-7)12-5-4-8(11)16/h2-3,6H,4-5H2,1H3,(H2,11,16)(H,12,14). The Kier molecular flexibility index (Phi) is 2.72. The largest absolute Gasteiger partial charge is 0.370 e. The third-order valence-electron chi connectivity index (χ3n) is 2.13. The first-order valence-corrected chi connectivity index (χ1v) is 5.00. The molecule has 0 saturated carbocycles. The van der Waals surface area contributed by atoms with Crippen LogP contribution in [-0.4, -0.2) is 27.0 Å². The number of aryl methyl sites for hydroxylation is 1. The molecule has 2 aromatic rings. The van der Waals surface area contributed by atoms with Crippen molar-refractivity contribution >= 4 is 17.5 Å². The van der Waals surface area contributed by atoms with Crippen LogP contribution in [0.1, 0.15) is 12.0 Å². The van der Waals surface area contributed by atoms with Crippen LogP contribution in [0.25, 0.3) is 5.65 Å². The van der Waals surface area contributed by atoms with Crippen molar-refractivity contribution in [2.75, 3.05) is 11.9 Å². The monoisotopic (exact) mass is 219 g/mol. The van der Waals surface area contributed by atoms with Gasteiger partial charge in [-0.25, -0.2) is 4.52 Å². The predicted octanol–water partition coefficient (Wildman–Crippen LogP) is 0.325. The van der Waals surface area contributed by atoms with E-state index in [9.17, 15) is 4.79 Å². The van der Waals surface area contributed by atoms with Crippen molar-refractivity contribution in [3.63, 3.8) is 0 Å². The fourth-order valence-electron chi connectivity index (χ4n) is 1.36. The summed E-state index contributed by atoms with van der Waals surface area (Å²) in [5.74, 6) is 0.166. The number of hydrogen-bond donors (Lipinski definition) is 2. The number of nitrogens with zero attached hydrogens (tertiary/aromatic N) is 3. The zero-order valence-corrected chi connectivity index (χ0v) is 8.97. The maximum atomic E-state index is 10.5. The molecule has 0 unspecified atom stereocenters. The molecule has 3 N–H and O–H groups in total. The normalized spacial score (nSPS) is 10.6. The first-order chi connectivity index (χ1) is 7.65. The highest BCUT2D eigenvalue weighted by atomic mass is 16.1. The minimum absolute atomic E-state index is 0.272. The second-order valence-corrected chi connectivity index (χ2v) is 3.59. The van der Waals surface area contributed by atoms with Crippen molar-refractivity contribution in [2.24, 2.45) is 5.73 Å². The second kappa shape index (κ2) is 4.18. The zero-order chi connectivity index (χ0) is 11.5. The average Bonchev–Trinajstić information content (AvgIpc) is 2.58. The molecule has 2 aromatic heterocycles. The van der Waals surface area contributed by atoms with E-state index < -0.39 is 0 Å². The molecular formula is C10H13N5O. The lowest BCUT2D eigenvalue weighted by Crippen LogP contribution is -2.16. The van der Waals surface area contributed by atoms with Gasteiger partial charge in [-0.1, -0.05) is 6.07 Å². The topological polar surface area (TPSA) is 85.3 Å². The average molecular weight is 219 g/mol. The van der Waals surface area contributed by atoms with Crippen molar-refractivity contribution < 1.29 is 4.79 Å². The zero-order valence-electron chi connectivity index (χ0n) is 8.97. The first kappa shape index (κ1) is 10.4. The van der Waals surface area contributed by atoms with Crippen LogP contribution in [-0.2, 0) is 4.79 Å². The SMILES string of the molecule is Cc1ccc2nc(NCCC(N)=O)nn2c1. The van der Waals surface area contributed by atoms with E-state index in [1.54, 1.807) is 4.52 Å². The number of nitrogens with one attached hydrogen (secondary N) is 1. The molecule has 1 amide bonds. The quantitative estimate of drug-likeness (QED) is 0.775. The summed E-state index contributed by atoms with van der Waals surface area (Å²) < 4.78 is 1.70. The van der Waals surface area contributed by atoms with Crippen molar-refractivity contribution in [1.29, 1.82) is 0 Å². The third kappa shape index (κ3) is 2.28. The lowest BCUT2D eigenvalue weighted by molar-refractivity contribution is -0.117. The highest BCUT2D eigenvalue weighted by Crippen LogP contribution is 2.06. The van der Waals surface area contributed by atoms with Crippen LogP contribution in [0.15, 0.2) is 18.3 Å². The molecule has 16 heavy (non-hydrogen) atoms. The van der Waals surface area contributed by atoms with Crippen molar-refractivity contribution in [1.82, 2.24) is 14.6 Å². The number of hydrogen-bond acceptors (Lipinski definition) is 4. The van der Waals surface area contributed by atoms with Gasteiger partial charge < -0.3 is 11.1 Å². The van der Waals surface area contributed by atoms with Gasteiger partial charge in [0.25, 0.3) is 0 Å². The molecule has 6 nitrogen and oxygen atoms in total. The van der Waals surface area contributed by atoms with Gasteiger partial charge >= 0.3 is 0 Å². The summed E-state index contributed by atoms with van der Waals surface area (Å²) in [5.41, 5.74) is 6.91. The number of carbonyl (C=O) groups excluding carboxylic acids is 1. The van der Waals surface area contributed by atoms with E-state index in [2.05, 4.69) is 15.4 Å². The van der Waals surface area contributed by atoms with E-state index in [0.717, 1.165) is 11.2 Å². The Labute approximate surface area is 92.5 Å². The summed E-state index contributed by atoms with van der Waals surface area (Å²) in [6.45, 7) is 2.44. The van der Waals surface area contributed by atoms with Gasteiger partial charge in [0.1, 0.15) is 0 Å². The van der Waals surface area contributed by atoms with Crippen LogP contribution in [0.3, 0.4) is 0 Å². The first-order valence-electron chi connectivity index (χ1n) is 5.00. The van der Waals surface area contributed by atoms with E-state index in [0.29, 0.717) is 12.5 Å². The van der Waals surface area contributed by atoms with Gasteiger partial charge in [0, 0.05) is 19.2 Å². The van der Waals surface area contributed by atoms with E-state index >= 15 is 0 Å². The summed E-state index contributed by atoms with van der Waals surface area (Å²) in [6, 6.07) is 3.86. The highest BCUT2D eigenvalue weighted by Gasteiger charge is 2.02. The Morgan fingerprint density at radius 3 is 3.12 bits per heavy atom. The number of fused-ring (bicyclic) bond motifs is 1. The molecule has 0 aliphatic rings. The number of carbonyl (C=O) groups is 1. The maximum absolute atomic E-state index is 10.5. The van der Waals surface area contributed by atoms with Crippen LogP contribution < -0.4 is 11.1 Å². The Hall–Kier alpha value is -2.11. The Morgan fingerprint density at radius 2 is 2.38 bits per heavy atom.